The van der Waals surface area contributed by atoms with E-state index in [9.17, 15) is 0 Å². The standard InChI is InChI=1S/C15H32Si/c1-7-11-12-15(13-14(5)6)16(8-2,9-3)10-4/h13-14H,7-12H2,1-6H3/b15-13-. The Balaban J connectivity index is 4.96. The van der Waals surface area contributed by atoms with Gasteiger partial charge < -0.3 is 0 Å². The van der Waals surface area contributed by atoms with Gasteiger partial charge in [-0.3, -0.25) is 0 Å². The molecule has 0 aliphatic carbocycles. The van der Waals surface area contributed by atoms with Crippen molar-refractivity contribution in [2.24, 2.45) is 5.92 Å². The number of unbranched alkanes of at least 4 members (excludes halogenated alkanes) is 1. The Bertz CT molecular complexity index is 191. The van der Waals surface area contributed by atoms with Gasteiger partial charge in [0.15, 0.2) is 0 Å². The smallest absolute Gasteiger partial charge is 0.0803 e. The zero-order chi connectivity index (χ0) is 12.6. The summed E-state index contributed by atoms with van der Waals surface area (Å²) in [5, 5.41) is 1.87. The molecule has 0 fully saturated rings. The van der Waals surface area contributed by atoms with E-state index in [2.05, 4.69) is 47.6 Å². The van der Waals surface area contributed by atoms with E-state index in [-0.39, 0.29) is 0 Å². The maximum absolute atomic E-state index is 2.60. The monoisotopic (exact) mass is 240 g/mol. The van der Waals surface area contributed by atoms with Crippen molar-refractivity contribution in [3.63, 3.8) is 0 Å². The molecular formula is C15H32Si. The summed E-state index contributed by atoms with van der Waals surface area (Å²) in [5.41, 5.74) is 0. The molecule has 0 spiro atoms. The van der Waals surface area contributed by atoms with E-state index in [0.29, 0.717) is 0 Å². The van der Waals surface area contributed by atoms with Gasteiger partial charge in [-0.25, -0.2) is 0 Å². The predicted molar refractivity (Wildman–Crippen MR) is 79.6 cm³/mol. The Labute approximate surface area is 105 Å². The Morgan fingerprint density at radius 2 is 1.50 bits per heavy atom. The van der Waals surface area contributed by atoms with Gasteiger partial charge in [-0.1, -0.05) is 83.8 Å². The highest BCUT2D eigenvalue weighted by Crippen LogP contribution is 2.32. The lowest BCUT2D eigenvalue weighted by molar-refractivity contribution is 0.772. The van der Waals surface area contributed by atoms with Crippen LogP contribution in [0.5, 0.6) is 0 Å². The molecule has 0 radical (unpaired) electrons. The summed E-state index contributed by atoms with van der Waals surface area (Å²) in [5.74, 6) is 0.725. The first-order valence-corrected chi connectivity index (χ1v) is 9.89. The van der Waals surface area contributed by atoms with Gasteiger partial charge in [0.05, 0.1) is 8.07 Å². The van der Waals surface area contributed by atoms with E-state index >= 15 is 0 Å². The minimum atomic E-state index is -1.09. The minimum Gasteiger partial charge on any atom is -0.0866 e. The zero-order valence-corrected chi connectivity index (χ0v) is 13.4. The van der Waals surface area contributed by atoms with Crippen molar-refractivity contribution in [1.29, 1.82) is 0 Å². The van der Waals surface area contributed by atoms with Crippen LogP contribution in [0.4, 0.5) is 0 Å². The summed E-state index contributed by atoms with van der Waals surface area (Å²) in [7, 11) is -1.09. The summed E-state index contributed by atoms with van der Waals surface area (Å²) < 4.78 is 0. The molecule has 0 N–H and O–H groups in total. The fourth-order valence-electron chi connectivity index (χ4n) is 2.73. The van der Waals surface area contributed by atoms with Gasteiger partial charge in [0.2, 0.25) is 0 Å². The first-order chi connectivity index (χ1) is 7.56. The van der Waals surface area contributed by atoms with Gasteiger partial charge in [-0.2, -0.15) is 0 Å². The Morgan fingerprint density at radius 1 is 1.00 bits per heavy atom. The van der Waals surface area contributed by atoms with Crippen molar-refractivity contribution in [2.75, 3.05) is 0 Å². The molecule has 0 rings (SSSR count). The lowest BCUT2D eigenvalue weighted by Gasteiger charge is -2.32. The molecule has 0 amide bonds. The van der Waals surface area contributed by atoms with Gasteiger partial charge in [-0.05, 0) is 12.3 Å². The number of hydrogen-bond donors (Lipinski definition) is 0. The Hall–Kier alpha value is -0.0431. The van der Waals surface area contributed by atoms with Crippen molar-refractivity contribution in [3.05, 3.63) is 11.3 Å². The van der Waals surface area contributed by atoms with Crippen LogP contribution in [0.25, 0.3) is 0 Å². The second kappa shape index (κ2) is 8.11. The number of allylic oxidation sites excluding steroid dienone is 2. The molecule has 1 heteroatoms. The highest BCUT2D eigenvalue weighted by atomic mass is 28.3. The maximum atomic E-state index is 2.60. The van der Waals surface area contributed by atoms with E-state index < -0.39 is 8.07 Å². The Morgan fingerprint density at radius 3 is 1.81 bits per heavy atom. The zero-order valence-electron chi connectivity index (χ0n) is 12.4. The number of hydrogen-bond acceptors (Lipinski definition) is 0. The van der Waals surface area contributed by atoms with E-state index in [1.54, 1.807) is 0 Å². The predicted octanol–water partition coefficient (Wildman–Crippen LogP) is 5.81. The quantitative estimate of drug-likeness (QED) is 0.470. The fraction of sp³-hybridized carbons (Fsp3) is 0.867. The summed E-state index contributed by atoms with van der Waals surface area (Å²) >= 11 is 0. The summed E-state index contributed by atoms with van der Waals surface area (Å²) in [6.07, 6.45) is 6.68. The van der Waals surface area contributed by atoms with Crippen LogP contribution < -0.4 is 0 Å². The Kier molecular flexibility index (Phi) is 8.09. The first-order valence-electron chi connectivity index (χ1n) is 7.27. The van der Waals surface area contributed by atoms with Gasteiger partial charge in [0, 0.05) is 0 Å². The maximum Gasteiger partial charge on any atom is 0.0803 e. The summed E-state index contributed by atoms with van der Waals surface area (Å²) in [4.78, 5) is 0. The van der Waals surface area contributed by atoms with E-state index in [0.717, 1.165) is 5.92 Å². The molecule has 0 unspecified atom stereocenters. The molecule has 0 aliphatic rings. The lowest BCUT2D eigenvalue weighted by Crippen LogP contribution is -2.35. The van der Waals surface area contributed by atoms with Crippen LogP contribution in [0.1, 0.15) is 60.8 Å². The molecule has 0 nitrogen and oxygen atoms in total. The van der Waals surface area contributed by atoms with Crippen molar-refractivity contribution >= 4 is 8.07 Å². The molecular weight excluding hydrogens is 208 g/mol. The number of rotatable bonds is 8. The van der Waals surface area contributed by atoms with Gasteiger partial charge in [0.1, 0.15) is 0 Å². The van der Waals surface area contributed by atoms with Crippen molar-refractivity contribution < 1.29 is 0 Å². The molecule has 0 bridgehead atoms. The molecule has 0 aromatic heterocycles. The molecule has 0 saturated heterocycles. The van der Waals surface area contributed by atoms with Crippen LogP contribution in [0.2, 0.25) is 18.1 Å². The third-order valence-corrected chi connectivity index (χ3v) is 9.89. The van der Waals surface area contributed by atoms with Crippen molar-refractivity contribution in [2.45, 2.75) is 78.9 Å². The van der Waals surface area contributed by atoms with E-state index in [1.807, 2.05) is 5.20 Å². The summed E-state index contributed by atoms with van der Waals surface area (Å²) in [6.45, 7) is 14.2. The van der Waals surface area contributed by atoms with E-state index in [1.165, 1.54) is 37.4 Å². The summed E-state index contributed by atoms with van der Waals surface area (Å²) in [6, 6.07) is 4.30. The molecule has 0 aromatic carbocycles. The van der Waals surface area contributed by atoms with Gasteiger partial charge in [0.25, 0.3) is 0 Å². The molecule has 0 atom stereocenters. The fourth-order valence-corrected chi connectivity index (χ4v) is 6.98. The van der Waals surface area contributed by atoms with Crippen molar-refractivity contribution in [3.8, 4) is 0 Å². The molecule has 16 heavy (non-hydrogen) atoms. The molecule has 96 valence electrons. The van der Waals surface area contributed by atoms with Crippen LogP contribution in [-0.4, -0.2) is 8.07 Å². The SMILES string of the molecule is CCCC/C(=C/C(C)C)[Si](CC)(CC)CC. The first kappa shape index (κ1) is 16.0. The van der Waals surface area contributed by atoms with Crippen LogP contribution in [0, 0.1) is 5.92 Å². The molecule has 0 aromatic rings. The van der Waals surface area contributed by atoms with Gasteiger partial charge >= 0.3 is 0 Å². The van der Waals surface area contributed by atoms with Crippen LogP contribution in [0.3, 0.4) is 0 Å². The second-order valence-corrected chi connectivity index (χ2v) is 10.7. The third kappa shape index (κ3) is 4.45. The van der Waals surface area contributed by atoms with Crippen molar-refractivity contribution in [1.82, 2.24) is 0 Å². The van der Waals surface area contributed by atoms with Crippen LogP contribution >= 0.6 is 0 Å². The molecule has 0 heterocycles. The highest BCUT2D eigenvalue weighted by molar-refractivity contribution is 6.86. The average molecular weight is 241 g/mol. The average Bonchev–Trinajstić information content (AvgIpc) is 2.28. The lowest BCUT2D eigenvalue weighted by atomic mass is 10.1. The third-order valence-electron chi connectivity index (χ3n) is 4.05. The largest absolute Gasteiger partial charge is 0.0866 e. The normalized spacial score (nSPS) is 13.6. The minimum absolute atomic E-state index is 0.725. The topological polar surface area (TPSA) is 0 Å². The van der Waals surface area contributed by atoms with Crippen LogP contribution in [-0.2, 0) is 0 Å². The van der Waals surface area contributed by atoms with E-state index in [4.69, 9.17) is 0 Å². The molecule has 0 saturated carbocycles. The molecule has 0 aliphatic heterocycles. The highest BCUT2D eigenvalue weighted by Gasteiger charge is 2.30. The van der Waals surface area contributed by atoms with Gasteiger partial charge in [-0.15, -0.1) is 0 Å². The van der Waals surface area contributed by atoms with Crippen LogP contribution in [0.15, 0.2) is 11.3 Å². The second-order valence-electron chi connectivity index (χ2n) is 5.38.